The van der Waals surface area contributed by atoms with Crippen LogP contribution < -0.4 is 0 Å². The summed E-state index contributed by atoms with van der Waals surface area (Å²) in [5, 5.41) is 2.97. The molecule has 3 heteroatoms. The number of halogens is 1. The number of hydrogen-bond donors (Lipinski definition) is 0. The molecule has 0 bridgehead atoms. The molecule has 0 fully saturated rings. The molecule has 0 atom stereocenters. The van der Waals surface area contributed by atoms with Crippen molar-refractivity contribution in [1.29, 1.82) is 0 Å². The quantitative estimate of drug-likeness (QED) is 0.363. The van der Waals surface area contributed by atoms with E-state index in [0.29, 0.717) is 0 Å². The van der Waals surface area contributed by atoms with Crippen LogP contribution in [0.5, 0.6) is 0 Å². The van der Waals surface area contributed by atoms with Gasteiger partial charge in [-0.3, -0.25) is 0 Å². The summed E-state index contributed by atoms with van der Waals surface area (Å²) in [5.41, 5.74) is 0. The van der Waals surface area contributed by atoms with Crippen molar-refractivity contribution in [2.75, 3.05) is 6.86 Å². The van der Waals surface area contributed by atoms with Gasteiger partial charge in [0.15, 0.2) is 0 Å². The summed E-state index contributed by atoms with van der Waals surface area (Å²) in [6.45, 7) is 0.649. The SMILES string of the molecule is C/[C]=N/OCF. The molecule has 0 aliphatic heterocycles. The van der Waals surface area contributed by atoms with Crippen LogP contribution in [0.2, 0.25) is 0 Å². The molecule has 0 aromatic rings. The van der Waals surface area contributed by atoms with Crippen molar-refractivity contribution in [3.63, 3.8) is 0 Å². The molecule has 0 N–H and O–H groups in total. The second-order valence-corrected chi connectivity index (χ2v) is 0.553. The first-order chi connectivity index (χ1) is 2.91. The zero-order valence-electron chi connectivity index (χ0n) is 3.44. The van der Waals surface area contributed by atoms with Crippen LogP contribution in [0.3, 0.4) is 0 Å². The summed E-state index contributed by atoms with van der Waals surface area (Å²) in [5.74, 6) is 0. The maximum atomic E-state index is 10.8. The van der Waals surface area contributed by atoms with E-state index >= 15 is 0 Å². The van der Waals surface area contributed by atoms with Crippen LogP contribution in [0.4, 0.5) is 4.39 Å². The Labute approximate surface area is 35.6 Å². The molecule has 0 unspecified atom stereocenters. The van der Waals surface area contributed by atoms with Crippen LogP contribution in [0.25, 0.3) is 0 Å². The van der Waals surface area contributed by atoms with Crippen LogP contribution in [-0.2, 0) is 4.84 Å². The van der Waals surface area contributed by atoms with Crippen LogP contribution in [0.15, 0.2) is 5.16 Å². The molecule has 0 spiro atoms. The predicted octanol–water partition coefficient (Wildman–Crippen LogP) is 0.813. The van der Waals surface area contributed by atoms with Gasteiger partial charge in [-0.1, -0.05) is 5.16 Å². The summed E-state index contributed by atoms with van der Waals surface area (Å²) in [6, 6.07) is 0. The van der Waals surface area contributed by atoms with Crippen molar-refractivity contribution in [2.24, 2.45) is 5.16 Å². The number of alkyl halides is 1. The van der Waals surface area contributed by atoms with Gasteiger partial charge in [0.2, 0.25) is 0 Å². The van der Waals surface area contributed by atoms with Crippen molar-refractivity contribution in [1.82, 2.24) is 0 Å². The summed E-state index contributed by atoms with van der Waals surface area (Å²) < 4.78 is 10.8. The van der Waals surface area contributed by atoms with E-state index in [1.54, 1.807) is 0 Å². The van der Waals surface area contributed by atoms with Gasteiger partial charge in [0.1, 0.15) is 6.21 Å². The first-order valence-electron chi connectivity index (χ1n) is 1.46. The Bertz CT molecular complexity index is 46.1. The van der Waals surface area contributed by atoms with Crippen molar-refractivity contribution in [3.8, 4) is 0 Å². The average Bonchev–Trinajstić information content (AvgIpc) is 1.61. The fourth-order valence-corrected chi connectivity index (χ4v) is 0.0889. The first kappa shape index (κ1) is 5.40. The Morgan fingerprint density at radius 2 is 2.67 bits per heavy atom. The molecular formula is C3H5FNO. The second-order valence-electron chi connectivity index (χ2n) is 0.553. The van der Waals surface area contributed by atoms with Gasteiger partial charge in [0.05, 0.1) is 0 Å². The Balaban J connectivity index is 2.66. The third-order valence-electron chi connectivity index (χ3n) is 0.205. The maximum Gasteiger partial charge on any atom is 0.255 e. The minimum absolute atomic E-state index is 0.874. The van der Waals surface area contributed by atoms with Gasteiger partial charge >= 0.3 is 0 Å². The lowest BCUT2D eigenvalue weighted by molar-refractivity contribution is 0.0645. The molecule has 0 saturated carbocycles. The number of nitrogens with zero attached hydrogens (tertiary/aromatic N) is 1. The first-order valence-corrected chi connectivity index (χ1v) is 1.46. The van der Waals surface area contributed by atoms with Crippen molar-refractivity contribution in [3.05, 3.63) is 0 Å². The molecule has 0 aliphatic rings. The van der Waals surface area contributed by atoms with E-state index < -0.39 is 6.86 Å². The topological polar surface area (TPSA) is 21.6 Å². The van der Waals surface area contributed by atoms with E-state index in [0.717, 1.165) is 0 Å². The molecule has 1 radical (unpaired) electrons. The van der Waals surface area contributed by atoms with E-state index in [-0.39, 0.29) is 0 Å². The van der Waals surface area contributed by atoms with Gasteiger partial charge in [-0.05, 0) is 6.92 Å². The Hall–Kier alpha value is -0.600. The molecule has 0 amide bonds. The number of rotatable bonds is 2. The highest BCUT2D eigenvalue weighted by atomic mass is 19.1. The summed E-state index contributed by atoms with van der Waals surface area (Å²) in [6.07, 6.45) is 2.23. The zero-order chi connectivity index (χ0) is 4.83. The molecule has 0 heterocycles. The highest BCUT2D eigenvalue weighted by Gasteiger charge is 1.65. The largest absolute Gasteiger partial charge is 0.362 e. The number of hydrogen-bond acceptors (Lipinski definition) is 2. The monoisotopic (exact) mass is 90.0 g/mol. The van der Waals surface area contributed by atoms with Crippen molar-refractivity contribution >= 4 is 6.21 Å². The average molecular weight is 90.1 g/mol. The standard InChI is InChI=1S/C3H5FNO/c1-2-5-6-3-4/h3H2,1H3. The normalized spacial score (nSPS) is 9.67. The summed E-state index contributed by atoms with van der Waals surface area (Å²) in [7, 11) is 0. The van der Waals surface area contributed by atoms with E-state index in [1.165, 1.54) is 6.92 Å². The van der Waals surface area contributed by atoms with Crippen LogP contribution in [0.1, 0.15) is 6.92 Å². The Morgan fingerprint density at radius 3 is 2.83 bits per heavy atom. The third kappa shape index (κ3) is 3.40. The molecule has 0 aromatic carbocycles. The summed E-state index contributed by atoms with van der Waals surface area (Å²) >= 11 is 0. The lowest BCUT2D eigenvalue weighted by Crippen LogP contribution is -1.73. The van der Waals surface area contributed by atoms with Gasteiger partial charge in [-0.2, -0.15) is 0 Å². The predicted molar refractivity (Wildman–Crippen MR) is 20.2 cm³/mol. The fourth-order valence-electron chi connectivity index (χ4n) is 0.0889. The minimum Gasteiger partial charge on any atom is -0.362 e. The molecular weight excluding hydrogens is 85.0 g/mol. The minimum atomic E-state index is -0.874. The molecule has 6 heavy (non-hydrogen) atoms. The zero-order valence-corrected chi connectivity index (χ0v) is 3.44. The molecule has 0 aliphatic carbocycles. The van der Waals surface area contributed by atoms with Crippen LogP contribution in [-0.4, -0.2) is 13.1 Å². The van der Waals surface area contributed by atoms with Gasteiger partial charge in [0, 0.05) is 0 Å². The van der Waals surface area contributed by atoms with E-state index in [9.17, 15) is 4.39 Å². The van der Waals surface area contributed by atoms with Crippen LogP contribution in [0, 0.1) is 0 Å². The van der Waals surface area contributed by atoms with Gasteiger partial charge in [-0.25, -0.2) is 4.39 Å². The lowest BCUT2D eigenvalue weighted by Gasteiger charge is -1.80. The van der Waals surface area contributed by atoms with Gasteiger partial charge in [0.25, 0.3) is 6.86 Å². The third-order valence-corrected chi connectivity index (χ3v) is 0.205. The lowest BCUT2D eigenvalue weighted by atomic mass is 10.9. The second kappa shape index (κ2) is 4.40. The molecule has 35 valence electrons. The molecule has 0 rings (SSSR count). The maximum absolute atomic E-state index is 10.8. The van der Waals surface area contributed by atoms with Crippen LogP contribution >= 0.6 is 0 Å². The Morgan fingerprint density at radius 1 is 2.00 bits per heavy atom. The van der Waals surface area contributed by atoms with E-state index in [2.05, 4.69) is 16.2 Å². The van der Waals surface area contributed by atoms with Crippen molar-refractivity contribution < 1.29 is 9.23 Å². The Kier molecular flexibility index (Phi) is 3.96. The van der Waals surface area contributed by atoms with E-state index in [4.69, 9.17) is 0 Å². The van der Waals surface area contributed by atoms with E-state index in [1.807, 2.05) is 0 Å². The molecule has 0 aromatic heterocycles. The summed E-state index contributed by atoms with van der Waals surface area (Å²) in [4.78, 5) is 3.83. The van der Waals surface area contributed by atoms with Crippen molar-refractivity contribution in [2.45, 2.75) is 6.92 Å². The molecule has 0 saturated heterocycles. The van der Waals surface area contributed by atoms with Gasteiger partial charge in [-0.15, -0.1) is 0 Å². The fraction of sp³-hybridized carbons (Fsp3) is 0.667. The highest BCUT2D eigenvalue weighted by Crippen LogP contribution is 1.70. The molecule has 2 nitrogen and oxygen atoms in total. The highest BCUT2D eigenvalue weighted by molar-refractivity contribution is 5.52. The smallest absolute Gasteiger partial charge is 0.255 e. The van der Waals surface area contributed by atoms with Gasteiger partial charge < -0.3 is 4.84 Å².